The van der Waals surface area contributed by atoms with Gasteiger partial charge in [0.15, 0.2) is 17.5 Å². The second-order valence-corrected chi connectivity index (χ2v) is 6.93. The van der Waals surface area contributed by atoms with Crippen molar-refractivity contribution < 1.29 is 9.47 Å². The van der Waals surface area contributed by atoms with Gasteiger partial charge in [0.25, 0.3) is 0 Å². The molecule has 6 nitrogen and oxygen atoms in total. The van der Waals surface area contributed by atoms with Crippen LogP contribution in [0, 0.1) is 5.92 Å². The Balaban J connectivity index is 0.00000364. The molecule has 0 spiro atoms. The molecule has 2 N–H and O–H groups in total. The van der Waals surface area contributed by atoms with Crippen LogP contribution in [-0.4, -0.2) is 64.9 Å². The number of hydrogen-bond donors (Lipinski definition) is 2. The third-order valence-electron chi connectivity index (χ3n) is 4.76. The first-order valence-electron chi connectivity index (χ1n) is 9.54. The van der Waals surface area contributed by atoms with Gasteiger partial charge in [0.1, 0.15) is 0 Å². The zero-order chi connectivity index (χ0) is 18.8. The molecule has 1 aromatic carbocycles. The lowest BCUT2D eigenvalue weighted by atomic mass is 10.1. The van der Waals surface area contributed by atoms with Crippen molar-refractivity contribution >= 4 is 29.9 Å². The summed E-state index contributed by atoms with van der Waals surface area (Å²) in [4.78, 5) is 6.88. The number of benzene rings is 1. The van der Waals surface area contributed by atoms with Crippen LogP contribution in [0.4, 0.5) is 0 Å². The Labute approximate surface area is 181 Å². The van der Waals surface area contributed by atoms with Gasteiger partial charge in [-0.1, -0.05) is 13.0 Å². The van der Waals surface area contributed by atoms with Gasteiger partial charge >= 0.3 is 0 Å². The summed E-state index contributed by atoms with van der Waals surface area (Å²) in [6, 6.07) is 6.04. The van der Waals surface area contributed by atoms with Crippen LogP contribution in [0.1, 0.15) is 25.3 Å². The van der Waals surface area contributed by atoms with Gasteiger partial charge in [-0.3, -0.25) is 4.99 Å². The van der Waals surface area contributed by atoms with Crippen LogP contribution in [0.2, 0.25) is 0 Å². The molecule has 1 saturated heterocycles. The smallest absolute Gasteiger partial charge is 0.190 e. The minimum Gasteiger partial charge on any atom is -0.493 e. The average molecular weight is 490 g/mol. The zero-order valence-electron chi connectivity index (χ0n) is 17.1. The monoisotopic (exact) mass is 490 g/mol. The van der Waals surface area contributed by atoms with E-state index in [4.69, 9.17) is 9.47 Å². The quantitative estimate of drug-likeness (QED) is 0.317. The molecule has 1 aliphatic heterocycles. The van der Waals surface area contributed by atoms with Crippen LogP contribution < -0.4 is 20.1 Å². The second-order valence-electron chi connectivity index (χ2n) is 6.93. The van der Waals surface area contributed by atoms with Crippen molar-refractivity contribution in [3.8, 4) is 11.5 Å². The van der Waals surface area contributed by atoms with Crippen molar-refractivity contribution in [3.63, 3.8) is 0 Å². The topological polar surface area (TPSA) is 58.1 Å². The Hall–Kier alpha value is -1.22. The molecular weight excluding hydrogens is 455 g/mol. The molecule has 1 unspecified atom stereocenters. The molecule has 0 amide bonds. The number of ether oxygens (including phenoxy) is 2. The van der Waals surface area contributed by atoms with Gasteiger partial charge in [-0.15, -0.1) is 24.0 Å². The molecule has 0 aliphatic carbocycles. The van der Waals surface area contributed by atoms with Crippen LogP contribution in [-0.2, 0) is 6.42 Å². The number of methoxy groups -OCH3 is 2. The lowest BCUT2D eigenvalue weighted by Crippen LogP contribution is -2.42. The Morgan fingerprint density at radius 3 is 2.48 bits per heavy atom. The summed E-state index contributed by atoms with van der Waals surface area (Å²) in [5.74, 6) is 2.99. The lowest BCUT2D eigenvalue weighted by Gasteiger charge is -2.21. The average Bonchev–Trinajstić information content (AvgIpc) is 3.17. The standard InChI is InChI=1S/C20H34N4O2.HI/c1-16(15-24-11-5-6-12-24)14-23-20(21-2)22-10-9-17-7-8-18(25-3)19(13-17)26-4;/h7-8,13,16H,5-6,9-12,14-15H2,1-4H3,(H2,21,22,23);1H. The Kier molecular flexibility index (Phi) is 11.5. The maximum Gasteiger partial charge on any atom is 0.190 e. The van der Waals surface area contributed by atoms with Crippen LogP contribution in [0.3, 0.4) is 0 Å². The van der Waals surface area contributed by atoms with Crippen molar-refractivity contribution in [1.82, 2.24) is 15.5 Å². The zero-order valence-corrected chi connectivity index (χ0v) is 19.4. The summed E-state index contributed by atoms with van der Waals surface area (Å²) in [7, 11) is 5.13. The molecule has 0 radical (unpaired) electrons. The van der Waals surface area contributed by atoms with Gasteiger partial charge < -0.3 is 25.0 Å². The van der Waals surface area contributed by atoms with Crippen molar-refractivity contribution in [1.29, 1.82) is 0 Å². The maximum atomic E-state index is 5.36. The lowest BCUT2D eigenvalue weighted by molar-refractivity contribution is 0.287. The van der Waals surface area contributed by atoms with E-state index in [1.165, 1.54) is 31.5 Å². The van der Waals surface area contributed by atoms with Crippen LogP contribution >= 0.6 is 24.0 Å². The Morgan fingerprint density at radius 2 is 1.85 bits per heavy atom. The fraction of sp³-hybridized carbons (Fsp3) is 0.650. The van der Waals surface area contributed by atoms with E-state index < -0.39 is 0 Å². The first kappa shape index (κ1) is 23.8. The minimum absolute atomic E-state index is 0. The molecule has 154 valence electrons. The molecule has 0 saturated carbocycles. The van der Waals surface area contributed by atoms with Crippen molar-refractivity contribution in [2.75, 3.05) is 54.0 Å². The number of hydrogen-bond acceptors (Lipinski definition) is 4. The fourth-order valence-electron chi connectivity index (χ4n) is 3.32. The van der Waals surface area contributed by atoms with Gasteiger partial charge in [0.05, 0.1) is 14.2 Å². The Morgan fingerprint density at radius 1 is 1.15 bits per heavy atom. The normalized spacial score (nSPS) is 15.8. The van der Waals surface area contributed by atoms with E-state index in [9.17, 15) is 0 Å². The molecule has 7 heteroatoms. The maximum absolute atomic E-state index is 5.36. The van der Waals surface area contributed by atoms with E-state index in [-0.39, 0.29) is 24.0 Å². The van der Waals surface area contributed by atoms with E-state index >= 15 is 0 Å². The third kappa shape index (κ3) is 8.13. The molecule has 1 aliphatic rings. The number of guanidine groups is 1. The molecule has 1 fully saturated rings. The molecule has 1 aromatic rings. The fourth-order valence-corrected chi connectivity index (χ4v) is 3.32. The number of nitrogens with one attached hydrogen (secondary N) is 2. The van der Waals surface area contributed by atoms with Gasteiger partial charge in [-0.25, -0.2) is 0 Å². The van der Waals surface area contributed by atoms with Crippen LogP contribution in [0.15, 0.2) is 23.2 Å². The first-order chi connectivity index (χ1) is 12.7. The first-order valence-corrected chi connectivity index (χ1v) is 9.54. The third-order valence-corrected chi connectivity index (χ3v) is 4.76. The Bertz CT molecular complexity index is 577. The largest absolute Gasteiger partial charge is 0.493 e. The highest BCUT2D eigenvalue weighted by Crippen LogP contribution is 2.27. The highest BCUT2D eigenvalue weighted by atomic mass is 127. The van der Waals surface area contributed by atoms with Gasteiger partial charge in [0, 0.05) is 26.7 Å². The van der Waals surface area contributed by atoms with E-state index in [1.807, 2.05) is 19.2 Å². The number of rotatable bonds is 9. The molecule has 27 heavy (non-hydrogen) atoms. The van der Waals surface area contributed by atoms with Gasteiger partial charge in [-0.05, 0) is 56.0 Å². The number of nitrogens with zero attached hydrogens (tertiary/aromatic N) is 2. The summed E-state index contributed by atoms with van der Waals surface area (Å²) in [6.45, 7) is 7.71. The molecule has 1 heterocycles. The predicted octanol–water partition coefficient (Wildman–Crippen LogP) is 2.76. The predicted molar refractivity (Wildman–Crippen MR) is 123 cm³/mol. The summed E-state index contributed by atoms with van der Waals surface area (Å²) >= 11 is 0. The molecule has 2 rings (SSSR count). The van der Waals surface area contributed by atoms with Gasteiger partial charge in [0.2, 0.25) is 0 Å². The highest BCUT2D eigenvalue weighted by molar-refractivity contribution is 14.0. The number of halogens is 1. The van der Waals surface area contributed by atoms with E-state index in [1.54, 1.807) is 14.2 Å². The van der Waals surface area contributed by atoms with Crippen LogP contribution in [0.5, 0.6) is 11.5 Å². The number of aliphatic imine (C=N–C) groups is 1. The molecular formula is C20H35IN4O2. The van der Waals surface area contributed by atoms with Gasteiger partial charge in [-0.2, -0.15) is 0 Å². The number of likely N-dealkylation sites (tertiary alicyclic amines) is 1. The van der Waals surface area contributed by atoms with Crippen molar-refractivity contribution in [3.05, 3.63) is 23.8 Å². The van der Waals surface area contributed by atoms with E-state index in [2.05, 4.69) is 33.5 Å². The molecule has 1 atom stereocenters. The van der Waals surface area contributed by atoms with Crippen LogP contribution in [0.25, 0.3) is 0 Å². The summed E-state index contributed by atoms with van der Waals surface area (Å²) in [6.07, 6.45) is 3.59. The SMILES string of the molecule is CN=C(NCCc1ccc(OC)c(OC)c1)NCC(C)CN1CCCC1.I. The van der Waals surface area contributed by atoms with Crippen molar-refractivity contribution in [2.45, 2.75) is 26.2 Å². The molecule has 0 aromatic heterocycles. The molecule has 0 bridgehead atoms. The minimum atomic E-state index is 0. The summed E-state index contributed by atoms with van der Waals surface area (Å²) < 4.78 is 10.6. The van der Waals surface area contributed by atoms with E-state index in [0.29, 0.717) is 5.92 Å². The summed E-state index contributed by atoms with van der Waals surface area (Å²) in [5.41, 5.74) is 1.20. The highest BCUT2D eigenvalue weighted by Gasteiger charge is 2.14. The van der Waals surface area contributed by atoms with E-state index in [0.717, 1.165) is 43.5 Å². The second kappa shape index (κ2) is 13.0. The van der Waals surface area contributed by atoms with Crippen molar-refractivity contribution in [2.24, 2.45) is 10.9 Å². The summed E-state index contributed by atoms with van der Waals surface area (Å²) in [5, 5.41) is 6.82.